The lowest BCUT2D eigenvalue weighted by Crippen LogP contribution is -2.48. The maximum Gasteiger partial charge on any atom is 0.311 e. The molecule has 20 heavy (non-hydrogen) atoms. The monoisotopic (exact) mass is 279 g/mol. The van der Waals surface area contributed by atoms with Crippen molar-refractivity contribution >= 4 is 11.9 Å². The highest BCUT2D eigenvalue weighted by atomic mass is 19.1. The van der Waals surface area contributed by atoms with Gasteiger partial charge in [-0.1, -0.05) is 0 Å². The molecule has 1 aromatic carbocycles. The van der Waals surface area contributed by atoms with Crippen molar-refractivity contribution in [3.05, 3.63) is 35.1 Å². The molecule has 0 saturated carbocycles. The normalized spacial score (nSPS) is 22.6. The Morgan fingerprint density at radius 2 is 2.10 bits per heavy atom. The lowest BCUT2D eigenvalue weighted by atomic mass is 9.82. The van der Waals surface area contributed by atoms with Crippen LogP contribution in [0, 0.1) is 18.2 Å². The van der Waals surface area contributed by atoms with Crippen molar-refractivity contribution in [2.75, 3.05) is 13.1 Å². The molecule has 1 aliphatic heterocycles. The van der Waals surface area contributed by atoms with E-state index in [2.05, 4.69) is 0 Å². The van der Waals surface area contributed by atoms with E-state index in [1.165, 1.54) is 18.2 Å². The van der Waals surface area contributed by atoms with E-state index in [4.69, 9.17) is 0 Å². The summed E-state index contributed by atoms with van der Waals surface area (Å²) < 4.78 is 13.2. The number of carboxylic acid groups (broad SMARTS) is 1. The largest absolute Gasteiger partial charge is 0.481 e. The standard InChI is InChI=1S/C15H18FNO3/c1-10-8-11(4-5-12(10)16)13(18)17-7-3-6-15(2,9-17)14(19)20/h4-5,8H,3,6-7,9H2,1-2H3,(H,19,20). The van der Waals surface area contributed by atoms with Crippen LogP contribution in [0.5, 0.6) is 0 Å². The number of hydrogen-bond donors (Lipinski definition) is 1. The molecule has 1 aliphatic rings. The van der Waals surface area contributed by atoms with Crippen LogP contribution in [-0.4, -0.2) is 35.0 Å². The first kappa shape index (κ1) is 14.5. The van der Waals surface area contributed by atoms with Crippen molar-refractivity contribution in [3.63, 3.8) is 0 Å². The average Bonchev–Trinajstić information content (AvgIpc) is 2.41. The van der Waals surface area contributed by atoms with Crippen LogP contribution >= 0.6 is 0 Å². The lowest BCUT2D eigenvalue weighted by molar-refractivity contribution is -0.150. The minimum absolute atomic E-state index is 0.192. The number of carbonyl (C=O) groups excluding carboxylic acids is 1. The number of hydrogen-bond acceptors (Lipinski definition) is 2. The van der Waals surface area contributed by atoms with E-state index in [1.54, 1.807) is 18.7 Å². The Morgan fingerprint density at radius 1 is 1.40 bits per heavy atom. The Morgan fingerprint density at radius 3 is 2.70 bits per heavy atom. The topological polar surface area (TPSA) is 57.6 Å². The number of piperidine rings is 1. The number of carbonyl (C=O) groups is 2. The molecule has 1 atom stereocenters. The molecular weight excluding hydrogens is 261 g/mol. The molecule has 108 valence electrons. The van der Waals surface area contributed by atoms with Crippen LogP contribution in [0.15, 0.2) is 18.2 Å². The molecule has 5 heteroatoms. The molecule has 2 rings (SSSR count). The van der Waals surface area contributed by atoms with Gasteiger partial charge in [-0.2, -0.15) is 0 Å². The number of amides is 1. The SMILES string of the molecule is Cc1cc(C(=O)N2CCCC(C)(C(=O)O)C2)ccc1F. The molecule has 1 N–H and O–H groups in total. The van der Waals surface area contributed by atoms with Gasteiger partial charge in [0.1, 0.15) is 5.82 Å². The van der Waals surface area contributed by atoms with Gasteiger partial charge in [0.25, 0.3) is 5.91 Å². The van der Waals surface area contributed by atoms with Gasteiger partial charge in [-0.3, -0.25) is 9.59 Å². The van der Waals surface area contributed by atoms with E-state index >= 15 is 0 Å². The van der Waals surface area contributed by atoms with E-state index in [0.717, 1.165) is 0 Å². The van der Waals surface area contributed by atoms with Crippen LogP contribution in [0.2, 0.25) is 0 Å². The number of carboxylic acids is 1. The summed E-state index contributed by atoms with van der Waals surface area (Å²) in [7, 11) is 0. The van der Waals surface area contributed by atoms with Crippen molar-refractivity contribution < 1.29 is 19.1 Å². The fourth-order valence-electron chi connectivity index (χ4n) is 2.55. The third-order valence-electron chi connectivity index (χ3n) is 3.90. The fourth-order valence-corrected chi connectivity index (χ4v) is 2.55. The van der Waals surface area contributed by atoms with Crippen molar-refractivity contribution in [2.45, 2.75) is 26.7 Å². The minimum Gasteiger partial charge on any atom is -0.481 e. The van der Waals surface area contributed by atoms with Gasteiger partial charge in [0.05, 0.1) is 5.41 Å². The highest BCUT2D eigenvalue weighted by Gasteiger charge is 2.39. The summed E-state index contributed by atoms with van der Waals surface area (Å²) >= 11 is 0. The van der Waals surface area contributed by atoms with Crippen LogP contribution < -0.4 is 0 Å². The van der Waals surface area contributed by atoms with E-state index < -0.39 is 11.4 Å². The predicted octanol–water partition coefficient (Wildman–Crippen LogP) is 2.46. The second kappa shape index (κ2) is 5.23. The second-order valence-electron chi connectivity index (χ2n) is 5.66. The summed E-state index contributed by atoms with van der Waals surface area (Å²) in [6, 6.07) is 4.21. The van der Waals surface area contributed by atoms with Crippen LogP contribution in [0.1, 0.15) is 35.7 Å². The number of nitrogens with zero attached hydrogens (tertiary/aromatic N) is 1. The lowest BCUT2D eigenvalue weighted by Gasteiger charge is -2.37. The molecule has 1 saturated heterocycles. The van der Waals surface area contributed by atoms with Crippen LogP contribution in [-0.2, 0) is 4.79 Å². The van der Waals surface area contributed by atoms with Crippen molar-refractivity contribution in [1.82, 2.24) is 4.90 Å². The zero-order chi connectivity index (χ0) is 14.9. The van der Waals surface area contributed by atoms with Gasteiger partial charge in [0.2, 0.25) is 0 Å². The summed E-state index contributed by atoms with van der Waals surface area (Å²) in [5, 5.41) is 9.26. The number of aryl methyl sites for hydroxylation is 1. The molecule has 1 unspecified atom stereocenters. The Balaban J connectivity index is 2.20. The zero-order valence-electron chi connectivity index (χ0n) is 11.6. The predicted molar refractivity (Wildman–Crippen MR) is 72.0 cm³/mol. The highest BCUT2D eigenvalue weighted by Crippen LogP contribution is 2.30. The molecule has 1 heterocycles. The Kier molecular flexibility index (Phi) is 3.79. The molecule has 0 aliphatic carbocycles. The maximum atomic E-state index is 13.2. The van der Waals surface area contributed by atoms with Crippen molar-refractivity contribution in [2.24, 2.45) is 5.41 Å². The van der Waals surface area contributed by atoms with Gasteiger partial charge in [0, 0.05) is 18.7 Å². The van der Waals surface area contributed by atoms with Gasteiger partial charge in [-0.25, -0.2) is 4.39 Å². The Hall–Kier alpha value is -1.91. The average molecular weight is 279 g/mol. The van der Waals surface area contributed by atoms with Gasteiger partial charge in [-0.05, 0) is 50.5 Å². The first-order valence-electron chi connectivity index (χ1n) is 6.62. The fraction of sp³-hybridized carbons (Fsp3) is 0.467. The zero-order valence-corrected chi connectivity index (χ0v) is 11.6. The van der Waals surface area contributed by atoms with Gasteiger partial charge in [0.15, 0.2) is 0 Å². The van der Waals surface area contributed by atoms with E-state index in [1.807, 2.05) is 0 Å². The molecule has 4 nitrogen and oxygen atoms in total. The summed E-state index contributed by atoms with van der Waals surface area (Å²) in [6.45, 7) is 3.99. The third-order valence-corrected chi connectivity index (χ3v) is 3.90. The maximum absolute atomic E-state index is 13.2. The summed E-state index contributed by atoms with van der Waals surface area (Å²) in [5.74, 6) is -1.47. The molecule has 0 bridgehead atoms. The summed E-state index contributed by atoms with van der Waals surface area (Å²) in [5.41, 5.74) is -0.0874. The number of rotatable bonds is 2. The minimum atomic E-state index is -0.900. The van der Waals surface area contributed by atoms with Crippen LogP contribution in [0.4, 0.5) is 4.39 Å². The van der Waals surface area contributed by atoms with Gasteiger partial charge in [-0.15, -0.1) is 0 Å². The number of benzene rings is 1. The van der Waals surface area contributed by atoms with Crippen LogP contribution in [0.3, 0.4) is 0 Å². The first-order valence-corrected chi connectivity index (χ1v) is 6.62. The van der Waals surface area contributed by atoms with Gasteiger partial charge >= 0.3 is 5.97 Å². The van der Waals surface area contributed by atoms with Crippen LogP contribution in [0.25, 0.3) is 0 Å². The number of halogens is 1. The number of likely N-dealkylation sites (tertiary alicyclic amines) is 1. The molecule has 0 radical (unpaired) electrons. The van der Waals surface area contributed by atoms with Gasteiger partial charge < -0.3 is 10.0 Å². The second-order valence-corrected chi connectivity index (χ2v) is 5.66. The molecule has 0 spiro atoms. The molecule has 1 aromatic rings. The third kappa shape index (κ3) is 2.66. The Bertz CT molecular complexity index is 558. The quantitative estimate of drug-likeness (QED) is 0.904. The van der Waals surface area contributed by atoms with Crippen molar-refractivity contribution in [1.29, 1.82) is 0 Å². The van der Waals surface area contributed by atoms with E-state index in [9.17, 15) is 19.1 Å². The molecular formula is C15H18FNO3. The molecule has 1 amide bonds. The van der Waals surface area contributed by atoms with E-state index in [-0.39, 0.29) is 18.3 Å². The summed E-state index contributed by atoms with van der Waals surface area (Å²) in [4.78, 5) is 25.2. The molecule has 0 aromatic heterocycles. The smallest absolute Gasteiger partial charge is 0.311 e. The Labute approximate surface area is 117 Å². The highest BCUT2D eigenvalue weighted by molar-refractivity contribution is 5.95. The summed E-state index contributed by atoms with van der Waals surface area (Å²) in [6.07, 6.45) is 1.23. The van der Waals surface area contributed by atoms with Crippen molar-refractivity contribution in [3.8, 4) is 0 Å². The van der Waals surface area contributed by atoms with E-state index in [0.29, 0.717) is 30.5 Å². The molecule has 1 fully saturated rings. The first-order chi connectivity index (χ1) is 9.33. The number of aliphatic carboxylic acids is 1.